The molecule has 1 unspecified atom stereocenters. The predicted molar refractivity (Wildman–Crippen MR) is 75.0 cm³/mol. The van der Waals surface area contributed by atoms with Gasteiger partial charge in [0.1, 0.15) is 5.75 Å². The van der Waals surface area contributed by atoms with Gasteiger partial charge in [0, 0.05) is 31.6 Å². The first-order valence-corrected chi connectivity index (χ1v) is 5.66. The largest absolute Gasteiger partial charge is 0.496 e. The zero-order valence-corrected chi connectivity index (χ0v) is 11.9. The molecule has 0 aliphatic rings. The summed E-state index contributed by atoms with van der Waals surface area (Å²) in [6, 6.07) is 7.57. The fourth-order valence-corrected chi connectivity index (χ4v) is 1.61. The molecule has 2 N–H and O–H groups in total. The number of ether oxygens (including phenoxy) is 1. The van der Waals surface area contributed by atoms with Crippen LogP contribution in [0.25, 0.3) is 0 Å². The van der Waals surface area contributed by atoms with E-state index < -0.39 is 0 Å². The summed E-state index contributed by atoms with van der Waals surface area (Å²) in [7, 11) is 3.40. The van der Waals surface area contributed by atoms with Gasteiger partial charge in [-0.2, -0.15) is 0 Å². The van der Waals surface area contributed by atoms with E-state index in [1.165, 1.54) is 0 Å². The number of amides is 1. The van der Waals surface area contributed by atoms with Gasteiger partial charge >= 0.3 is 0 Å². The number of nitrogens with two attached hydrogens (primary N) is 1. The summed E-state index contributed by atoms with van der Waals surface area (Å²) in [4.78, 5) is 13.4. The average Bonchev–Trinajstić information content (AvgIpc) is 2.28. The molecule has 0 fully saturated rings. The lowest BCUT2D eigenvalue weighted by Gasteiger charge is -2.19. The van der Waals surface area contributed by atoms with Crippen molar-refractivity contribution in [3.05, 3.63) is 29.8 Å². The number of hydrogen-bond donors (Lipinski definition) is 1. The maximum absolute atomic E-state index is 11.8. The molecule has 0 heterocycles. The minimum absolute atomic E-state index is 0. The lowest BCUT2D eigenvalue weighted by molar-refractivity contribution is -0.130. The maximum Gasteiger partial charge on any atom is 0.224 e. The predicted octanol–water partition coefficient (Wildman–Crippen LogP) is 1.81. The van der Waals surface area contributed by atoms with E-state index in [0.717, 1.165) is 11.3 Å². The molecular weight excluding hydrogens is 252 g/mol. The Labute approximate surface area is 115 Å². The van der Waals surface area contributed by atoms with Gasteiger partial charge in [0.05, 0.1) is 7.11 Å². The van der Waals surface area contributed by atoms with Crippen LogP contribution in [-0.2, 0) is 11.3 Å². The zero-order chi connectivity index (χ0) is 12.8. The van der Waals surface area contributed by atoms with Crippen molar-refractivity contribution in [1.82, 2.24) is 4.90 Å². The number of para-hydroxylation sites is 1. The molecule has 0 saturated carbocycles. The number of methoxy groups -OCH3 is 1. The molecule has 4 nitrogen and oxygen atoms in total. The number of carbonyl (C=O) groups excluding carboxylic acids is 1. The molecule has 1 aromatic carbocycles. The highest BCUT2D eigenvalue weighted by Gasteiger charge is 2.12. The van der Waals surface area contributed by atoms with Crippen LogP contribution in [0, 0.1) is 0 Å². The minimum Gasteiger partial charge on any atom is -0.496 e. The molecule has 0 radical (unpaired) electrons. The number of hydrogen-bond acceptors (Lipinski definition) is 3. The fraction of sp³-hybridized carbons (Fsp3) is 0.462. The van der Waals surface area contributed by atoms with Crippen LogP contribution in [0.15, 0.2) is 24.3 Å². The Hall–Kier alpha value is -1.26. The van der Waals surface area contributed by atoms with E-state index in [9.17, 15) is 4.79 Å². The number of nitrogens with zero attached hydrogens (tertiary/aromatic N) is 1. The second-order valence-electron chi connectivity index (χ2n) is 4.24. The first kappa shape index (κ1) is 16.7. The van der Waals surface area contributed by atoms with Crippen LogP contribution in [0.4, 0.5) is 0 Å². The quantitative estimate of drug-likeness (QED) is 0.889. The summed E-state index contributed by atoms with van der Waals surface area (Å²) < 4.78 is 5.24. The van der Waals surface area contributed by atoms with Crippen LogP contribution < -0.4 is 10.5 Å². The van der Waals surface area contributed by atoms with Crippen molar-refractivity contribution >= 4 is 18.3 Å². The highest BCUT2D eigenvalue weighted by atomic mass is 35.5. The molecule has 1 atom stereocenters. The second kappa shape index (κ2) is 7.95. The summed E-state index contributed by atoms with van der Waals surface area (Å²) in [5, 5.41) is 0. The Kier molecular flexibility index (Phi) is 7.39. The molecule has 0 aromatic heterocycles. The summed E-state index contributed by atoms with van der Waals surface area (Å²) in [5.74, 6) is 0.846. The summed E-state index contributed by atoms with van der Waals surface area (Å²) in [5.41, 5.74) is 6.60. The molecule has 5 heteroatoms. The first-order valence-electron chi connectivity index (χ1n) is 5.66. The van der Waals surface area contributed by atoms with Crippen molar-refractivity contribution in [2.45, 2.75) is 25.9 Å². The number of rotatable bonds is 5. The number of carbonyl (C=O) groups is 1. The molecule has 0 spiro atoms. The molecule has 0 aliphatic heterocycles. The van der Waals surface area contributed by atoms with Crippen molar-refractivity contribution in [2.75, 3.05) is 14.2 Å². The van der Waals surface area contributed by atoms with Crippen LogP contribution in [0.1, 0.15) is 18.9 Å². The SMILES string of the molecule is COc1ccccc1CN(C)C(=O)CC(C)N.Cl. The van der Waals surface area contributed by atoms with Crippen molar-refractivity contribution in [3.63, 3.8) is 0 Å². The van der Waals surface area contributed by atoms with E-state index in [4.69, 9.17) is 10.5 Å². The first-order chi connectivity index (χ1) is 8.04. The second-order valence-corrected chi connectivity index (χ2v) is 4.24. The van der Waals surface area contributed by atoms with Crippen molar-refractivity contribution in [1.29, 1.82) is 0 Å². The van der Waals surface area contributed by atoms with Crippen LogP contribution >= 0.6 is 12.4 Å². The molecular formula is C13H21ClN2O2. The Balaban J connectivity index is 0.00000289. The van der Waals surface area contributed by atoms with Gasteiger partial charge in [-0.3, -0.25) is 4.79 Å². The molecule has 1 aromatic rings. The Morgan fingerprint density at radius 2 is 2.06 bits per heavy atom. The standard InChI is InChI=1S/C13H20N2O2.ClH/c1-10(14)8-13(16)15(2)9-11-6-4-5-7-12(11)17-3;/h4-7,10H,8-9,14H2,1-3H3;1H. The Bertz CT molecular complexity index is 383. The van der Waals surface area contributed by atoms with E-state index in [1.807, 2.05) is 31.2 Å². The Morgan fingerprint density at radius 1 is 1.44 bits per heavy atom. The molecule has 1 rings (SSSR count). The number of benzene rings is 1. The van der Waals surface area contributed by atoms with E-state index in [0.29, 0.717) is 13.0 Å². The van der Waals surface area contributed by atoms with Crippen LogP contribution in [0.3, 0.4) is 0 Å². The van der Waals surface area contributed by atoms with E-state index >= 15 is 0 Å². The van der Waals surface area contributed by atoms with Crippen LogP contribution in [0.2, 0.25) is 0 Å². The van der Waals surface area contributed by atoms with Crippen LogP contribution in [-0.4, -0.2) is 31.0 Å². The summed E-state index contributed by atoms with van der Waals surface area (Å²) in [6.45, 7) is 2.37. The van der Waals surface area contributed by atoms with Gasteiger partial charge in [0.2, 0.25) is 5.91 Å². The monoisotopic (exact) mass is 272 g/mol. The smallest absolute Gasteiger partial charge is 0.224 e. The Morgan fingerprint density at radius 3 is 2.61 bits per heavy atom. The van der Waals surface area contributed by atoms with Gasteiger partial charge in [0.15, 0.2) is 0 Å². The van der Waals surface area contributed by atoms with Gasteiger partial charge in [-0.25, -0.2) is 0 Å². The molecule has 1 amide bonds. The van der Waals surface area contributed by atoms with Gasteiger partial charge < -0.3 is 15.4 Å². The number of halogens is 1. The van der Waals surface area contributed by atoms with Crippen LogP contribution in [0.5, 0.6) is 5.75 Å². The topological polar surface area (TPSA) is 55.6 Å². The molecule has 0 aliphatic carbocycles. The zero-order valence-electron chi connectivity index (χ0n) is 11.1. The fourth-order valence-electron chi connectivity index (χ4n) is 1.61. The lowest BCUT2D eigenvalue weighted by Crippen LogP contribution is -2.31. The van der Waals surface area contributed by atoms with Gasteiger partial charge in [-0.1, -0.05) is 18.2 Å². The molecule has 0 saturated heterocycles. The van der Waals surface area contributed by atoms with Gasteiger partial charge in [-0.15, -0.1) is 12.4 Å². The van der Waals surface area contributed by atoms with E-state index in [-0.39, 0.29) is 24.4 Å². The van der Waals surface area contributed by atoms with Gasteiger partial charge in [0.25, 0.3) is 0 Å². The van der Waals surface area contributed by atoms with Gasteiger partial charge in [-0.05, 0) is 13.0 Å². The van der Waals surface area contributed by atoms with Crippen molar-refractivity contribution in [2.24, 2.45) is 5.73 Å². The van der Waals surface area contributed by atoms with E-state index in [2.05, 4.69) is 0 Å². The van der Waals surface area contributed by atoms with Crippen molar-refractivity contribution in [3.8, 4) is 5.75 Å². The third-order valence-electron chi connectivity index (χ3n) is 2.52. The lowest BCUT2D eigenvalue weighted by atomic mass is 10.1. The highest BCUT2D eigenvalue weighted by Crippen LogP contribution is 2.18. The maximum atomic E-state index is 11.8. The average molecular weight is 273 g/mol. The molecule has 102 valence electrons. The third kappa shape index (κ3) is 4.94. The summed E-state index contributed by atoms with van der Waals surface area (Å²) in [6.07, 6.45) is 0.367. The minimum atomic E-state index is -0.109. The van der Waals surface area contributed by atoms with Crippen molar-refractivity contribution < 1.29 is 9.53 Å². The summed E-state index contributed by atoms with van der Waals surface area (Å²) >= 11 is 0. The highest BCUT2D eigenvalue weighted by molar-refractivity contribution is 5.85. The third-order valence-corrected chi connectivity index (χ3v) is 2.52. The van der Waals surface area contributed by atoms with E-state index in [1.54, 1.807) is 19.1 Å². The molecule has 0 bridgehead atoms. The molecule has 18 heavy (non-hydrogen) atoms. The normalized spacial score (nSPS) is 11.3.